The lowest BCUT2D eigenvalue weighted by Crippen LogP contribution is -1.96. The zero-order valence-corrected chi connectivity index (χ0v) is 10.7. The van der Waals surface area contributed by atoms with Gasteiger partial charge in [-0.3, -0.25) is 4.79 Å². The van der Waals surface area contributed by atoms with Gasteiger partial charge in [-0.2, -0.15) is 0 Å². The lowest BCUT2D eigenvalue weighted by atomic mass is 9.98. The van der Waals surface area contributed by atoms with E-state index in [1.807, 2.05) is 6.26 Å². The molecule has 0 N–H and O–H groups in total. The zero-order chi connectivity index (χ0) is 10.8. The Morgan fingerprint density at radius 1 is 1.21 bits per heavy atom. The molecule has 2 heteroatoms. The number of rotatable bonds is 8. The van der Waals surface area contributed by atoms with Gasteiger partial charge in [0.1, 0.15) is 0 Å². The van der Waals surface area contributed by atoms with E-state index >= 15 is 0 Å². The molecule has 1 atom stereocenters. The summed E-state index contributed by atoms with van der Waals surface area (Å²) in [5, 5.41) is 0.339. The summed E-state index contributed by atoms with van der Waals surface area (Å²) >= 11 is 1.36. The predicted octanol–water partition coefficient (Wildman–Crippen LogP) is 4.26. The molecule has 0 spiro atoms. The van der Waals surface area contributed by atoms with Gasteiger partial charge in [-0.05, 0) is 18.6 Å². The van der Waals surface area contributed by atoms with Crippen molar-refractivity contribution in [1.29, 1.82) is 0 Å². The number of hydrogen-bond donors (Lipinski definition) is 0. The molecule has 0 aromatic rings. The Balaban J connectivity index is 3.22. The van der Waals surface area contributed by atoms with Gasteiger partial charge in [0.05, 0.1) is 0 Å². The topological polar surface area (TPSA) is 17.1 Å². The van der Waals surface area contributed by atoms with E-state index in [1.54, 1.807) is 0 Å². The molecule has 0 heterocycles. The normalized spacial score (nSPS) is 12.8. The number of carbonyl (C=O) groups is 1. The number of unbranched alkanes of at least 4 members (excludes halogenated alkanes) is 2. The molecule has 0 bridgehead atoms. The van der Waals surface area contributed by atoms with Crippen LogP contribution >= 0.6 is 11.8 Å². The van der Waals surface area contributed by atoms with Crippen LogP contribution in [0, 0.1) is 5.92 Å². The minimum Gasteiger partial charge on any atom is -0.287 e. The summed E-state index contributed by atoms with van der Waals surface area (Å²) in [5.41, 5.74) is 0. The van der Waals surface area contributed by atoms with E-state index in [-0.39, 0.29) is 0 Å². The van der Waals surface area contributed by atoms with Crippen molar-refractivity contribution in [1.82, 2.24) is 0 Å². The van der Waals surface area contributed by atoms with E-state index in [1.165, 1.54) is 43.9 Å². The third-order valence-electron chi connectivity index (χ3n) is 2.61. The van der Waals surface area contributed by atoms with E-state index in [9.17, 15) is 4.79 Å². The Labute approximate surface area is 93.0 Å². The summed E-state index contributed by atoms with van der Waals surface area (Å²) in [6.45, 7) is 4.57. The van der Waals surface area contributed by atoms with Crippen LogP contribution in [0.4, 0.5) is 0 Å². The van der Waals surface area contributed by atoms with Crippen LogP contribution in [0.3, 0.4) is 0 Å². The average molecular weight is 216 g/mol. The summed E-state index contributed by atoms with van der Waals surface area (Å²) in [4.78, 5) is 11.0. The largest absolute Gasteiger partial charge is 0.287 e. The van der Waals surface area contributed by atoms with Gasteiger partial charge in [0.2, 0.25) is 0 Å². The van der Waals surface area contributed by atoms with E-state index in [0.717, 1.165) is 18.8 Å². The van der Waals surface area contributed by atoms with E-state index in [4.69, 9.17) is 0 Å². The molecule has 14 heavy (non-hydrogen) atoms. The molecular weight excluding hydrogens is 192 g/mol. The first-order chi connectivity index (χ1) is 6.70. The number of hydrogen-bond acceptors (Lipinski definition) is 2. The molecule has 84 valence electrons. The van der Waals surface area contributed by atoms with Crippen molar-refractivity contribution < 1.29 is 4.79 Å². The second-order valence-corrected chi connectivity index (χ2v) is 4.93. The van der Waals surface area contributed by atoms with Crippen molar-refractivity contribution in [3.05, 3.63) is 0 Å². The van der Waals surface area contributed by atoms with Crippen molar-refractivity contribution in [2.75, 3.05) is 6.26 Å². The molecular formula is C12H24OS. The highest BCUT2D eigenvalue weighted by atomic mass is 32.2. The van der Waals surface area contributed by atoms with E-state index in [0.29, 0.717) is 5.12 Å². The molecule has 0 aromatic heterocycles. The lowest BCUT2D eigenvalue weighted by Gasteiger charge is -2.09. The molecule has 1 nitrogen and oxygen atoms in total. The maximum Gasteiger partial charge on any atom is 0.188 e. The third kappa shape index (κ3) is 8.61. The fourth-order valence-corrected chi connectivity index (χ4v) is 1.91. The van der Waals surface area contributed by atoms with Gasteiger partial charge < -0.3 is 0 Å². The van der Waals surface area contributed by atoms with Gasteiger partial charge in [0.25, 0.3) is 0 Å². The van der Waals surface area contributed by atoms with Crippen LogP contribution in [0.1, 0.15) is 58.8 Å². The number of carbonyl (C=O) groups excluding carboxylic acids is 1. The summed E-state index contributed by atoms with van der Waals surface area (Å²) in [7, 11) is 0. The Morgan fingerprint density at radius 3 is 2.43 bits per heavy atom. The first-order valence-electron chi connectivity index (χ1n) is 5.77. The average Bonchev–Trinajstić information content (AvgIpc) is 2.21. The van der Waals surface area contributed by atoms with Gasteiger partial charge in [0, 0.05) is 6.42 Å². The Kier molecular flexibility index (Phi) is 9.58. The van der Waals surface area contributed by atoms with Gasteiger partial charge >= 0.3 is 0 Å². The molecule has 0 aliphatic carbocycles. The maximum atomic E-state index is 11.0. The molecule has 0 aliphatic rings. The monoisotopic (exact) mass is 216 g/mol. The molecule has 0 saturated carbocycles. The van der Waals surface area contributed by atoms with Crippen LogP contribution in [-0.4, -0.2) is 11.4 Å². The molecule has 1 unspecified atom stereocenters. The highest BCUT2D eigenvalue weighted by Crippen LogP contribution is 2.16. The first kappa shape index (κ1) is 14.0. The third-order valence-corrected chi connectivity index (χ3v) is 3.27. The Hall–Kier alpha value is 0.0200. The second-order valence-electron chi connectivity index (χ2n) is 4.07. The lowest BCUT2D eigenvalue weighted by molar-refractivity contribution is -0.111. The minimum atomic E-state index is 0.339. The van der Waals surface area contributed by atoms with Crippen LogP contribution < -0.4 is 0 Å². The first-order valence-corrected chi connectivity index (χ1v) is 7.00. The molecule has 0 rings (SSSR count). The van der Waals surface area contributed by atoms with Crippen LogP contribution in [0.5, 0.6) is 0 Å². The van der Waals surface area contributed by atoms with Crippen LogP contribution in [0.25, 0.3) is 0 Å². The van der Waals surface area contributed by atoms with Gasteiger partial charge in [-0.25, -0.2) is 0 Å². The van der Waals surface area contributed by atoms with Crippen molar-refractivity contribution >= 4 is 16.9 Å². The predicted molar refractivity (Wildman–Crippen MR) is 65.7 cm³/mol. The van der Waals surface area contributed by atoms with Gasteiger partial charge in [0.15, 0.2) is 5.12 Å². The maximum absolute atomic E-state index is 11.0. The van der Waals surface area contributed by atoms with Gasteiger partial charge in [-0.1, -0.05) is 57.7 Å². The summed E-state index contributed by atoms with van der Waals surface area (Å²) in [6.07, 6.45) is 10.2. The fourth-order valence-electron chi connectivity index (χ4n) is 1.56. The van der Waals surface area contributed by atoms with Crippen LogP contribution in [0.15, 0.2) is 0 Å². The molecule has 0 fully saturated rings. The smallest absolute Gasteiger partial charge is 0.188 e. The second kappa shape index (κ2) is 9.57. The zero-order valence-electron chi connectivity index (χ0n) is 9.84. The van der Waals surface area contributed by atoms with E-state index in [2.05, 4.69) is 13.8 Å². The van der Waals surface area contributed by atoms with Crippen molar-refractivity contribution in [3.63, 3.8) is 0 Å². The fraction of sp³-hybridized carbons (Fsp3) is 0.917. The molecule has 0 radical (unpaired) electrons. The minimum absolute atomic E-state index is 0.339. The molecule has 0 saturated heterocycles. The molecule has 0 amide bonds. The molecule has 0 aliphatic heterocycles. The standard InChI is InChI=1S/C12H24OS/c1-4-5-8-11(2)9-6-7-10-12(13)14-3/h11H,4-10H2,1-3H3. The summed E-state index contributed by atoms with van der Waals surface area (Å²) in [6, 6.07) is 0. The van der Waals surface area contributed by atoms with Crippen molar-refractivity contribution in [2.24, 2.45) is 5.92 Å². The Bertz CT molecular complexity index is 145. The summed E-state index contributed by atoms with van der Waals surface area (Å²) < 4.78 is 0. The number of thioether (sulfide) groups is 1. The molecule has 0 aromatic carbocycles. The van der Waals surface area contributed by atoms with Crippen LogP contribution in [-0.2, 0) is 4.79 Å². The SMILES string of the molecule is CCCCC(C)CCCCC(=O)SC. The highest BCUT2D eigenvalue weighted by Gasteiger charge is 2.03. The Morgan fingerprint density at radius 2 is 1.86 bits per heavy atom. The highest BCUT2D eigenvalue weighted by molar-refractivity contribution is 8.13. The quantitative estimate of drug-likeness (QED) is 0.564. The van der Waals surface area contributed by atoms with Crippen molar-refractivity contribution in [3.8, 4) is 0 Å². The van der Waals surface area contributed by atoms with Crippen molar-refractivity contribution in [2.45, 2.75) is 58.8 Å². The summed E-state index contributed by atoms with van der Waals surface area (Å²) in [5.74, 6) is 0.847. The van der Waals surface area contributed by atoms with Crippen LogP contribution in [0.2, 0.25) is 0 Å². The van der Waals surface area contributed by atoms with Gasteiger partial charge in [-0.15, -0.1) is 0 Å². The van der Waals surface area contributed by atoms with E-state index < -0.39 is 0 Å².